The topological polar surface area (TPSA) is 68.8 Å². The van der Waals surface area contributed by atoms with Crippen LogP contribution in [0.15, 0.2) is 36.0 Å². The minimum absolute atomic E-state index is 0.0176. The highest BCUT2D eigenvalue weighted by atomic mass is 32.1. The Bertz CT molecular complexity index is 1140. The summed E-state index contributed by atoms with van der Waals surface area (Å²) in [7, 11) is 3.70. The lowest BCUT2D eigenvalue weighted by atomic mass is 10.1. The van der Waals surface area contributed by atoms with Crippen molar-refractivity contribution in [1.82, 2.24) is 29.4 Å². The van der Waals surface area contributed by atoms with Gasteiger partial charge >= 0.3 is 0 Å². The van der Waals surface area contributed by atoms with Crippen molar-refractivity contribution in [2.45, 2.75) is 26.9 Å². The van der Waals surface area contributed by atoms with Gasteiger partial charge in [0.25, 0.3) is 0 Å². The Hall–Kier alpha value is -3.00. The van der Waals surface area contributed by atoms with Crippen LogP contribution in [0.1, 0.15) is 17.0 Å². The maximum absolute atomic E-state index is 12.8. The van der Waals surface area contributed by atoms with E-state index in [0.29, 0.717) is 6.54 Å². The van der Waals surface area contributed by atoms with Crippen molar-refractivity contribution >= 4 is 28.3 Å². The average molecular weight is 395 g/mol. The van der Waals surface area contributed by atoms with Gasteiger partial charge in [-0.1, -0.05) is 6.07 Å². The molecule has 4 aromatic heterocycles. The number of nitrogens with zero attached hydrogens (tertiary/aromatic N) is 6. The summed E-state index contributed by atoms with van der Waals surface area (Å²) in [5, 5.41) is 11.9. The number of fused-ring (bicyclic) bond motifs is 1. The number of aromatic nitrogens is 5. The molecule has 0 fully saturated rings. The first kappa shape index (κ1) is 18.4. The van der Waals surface area contributed by atoms with E-state index in [1.807, 2.05) is 37.7 Å². The summed E-state index contributed by atoms with van der Waals surface area (Å²) in [5.41, 5.74) is 4.82. The Balaban J connectivity index is 1.60. The predicted molar refractivity (Wildman–Crippen MR) is 110 cm³/mol. The molecular weight excluding hydrogens is 372 g/mol. The van der Waals surface area contributed by atoms with Crippen LogP contribution < -0.4 is 0 Å². The van der Waals surface area contributed by atoms with E-state index in [9.17, 15) is 4.79 Å². The van der Waals surface area contributed by atoms with E-state index >= 15 is 0 Å². The number of aryl methyl sites for hydroxylation is 2. The first-order valence-corrected chi connectivity index (χ1v) is 9.91. The lowest BCUT2D eigenvalue weighted by Crippen LogP contribution is -2.30. The van der Waals surface area contributed by atoms with Gasteiger partial charge in [0.15, 0.2) is 5.65 Å². The predicted octanol–water partition coefficient (Wildman–Crippen LogP) is 3.17. The second kappa shape index (κ2) is 7.20. The SMILES string of the molecule is Cc1nn(CC(=O)N(C)Cc2cnn(C)c2C)c2nccc(-c3cccs3)c12. The Morgan fingerprint density at radius 2 is 2.11 bits per heavy atom. The maximum atomic E-state index is 12.8. The Morgan fingerprint density at radius 1 is 1.29 bits per heavy atom. The number of hydrogen-bond donors (Lipinski definition) is 0. The van der Waals surface area contributed by atoms with Crippen molar-refractivity contribution in [3.05, 3.63) is 52.9 Å². The van der Waals surface area contributed by atoms with Gasteiger partial charge in [-0.25, -0.2) is 9.67 Å². The highest BCUT2D eigenvalue weighted by Crippen LogP contribution is 2.32. The van der Waals surface area contributed by atoms with E-state index in [0.717, 1.165) is 33.5 Å². The summed E-state index contributed by atoms with van der Waals surface area (Å²) < 4.78 is 3.52. The van der Waals surface area contributed by atoms with Crippen LogP contribution >= 0.6 is 11.3 Å². The monoisotopic (exact) mass is 394 g/mol. The zero-order valence-electron chi connectivity index (χ0n) is 16.4. The van der Waals surface area contributed by atoms with Crippen molar-refractivity contribution in [3.8, 4) is 10.4 Å². The summed E-state index contributed by atoms with van der Waals surface area (Å²) in [6.07, 6.45) is 3.59. The quantitative estimate of drug-likeness (QED) is 0.521. The molecule has 0 N–H and O–H groups in total. The fraction of sp³-hybridized carbons (Fsp3) is 0.300. The van der Waals surface area contributed by atoms with Gasteiger partial charge in [0.2, 0.25) is 5.91 Å². The molecule has 0 saturated heterocycles. The lowest BCUT2D eigenvalue weighted by Gasteiger charge is -2.17. The number of carbonyl (C=O) groups excluding carboxylic acids is 1. The summed E-state index contributed by atoms with van der Waals surface area (Å²) in [4.78, 5) is 20.2. The van der Waals surface area contributed by atoms with Gasteiger partial charge < -0.3 is 4.90 Å². The van der Waals surface area contributed by atoms with Gasteiger partial charge in [-0.3, -0.25) is 9.48 Å². The normalized spacial score (nSPS) is 11.3. The maximum Gasteiger partial charge on any atom is 0.244 e. The molecule has 0 aliphatic heterocycles. The molecule has 0 aliphatic rings. The lowest BCUT2D eigenvalue weighted by molar-refractivity contribution is -0.131. The minimum atomic E-state index is -0.0176. The molecule has 4 rings (SSSR count). The molecule has 4 heterocycles. The Morgan fingerprint density at radius 3 is 2.79 bits per heavy atom. The first-order valence-electron chi connectivity index (χ1n) is 9.03. The van der Waals surface area contributed by atoms with Crippen molar-refractivity contribution in [1.29, 1.82) is 0 Å². The Kier molecular flexibility index (Phi) is 4.72. The van der Waals surface area contributed by atoms with Crippen molar-refractivity contribution < 1.29 is 4.79 Å². The number of thiophene rings is 1. The first-order chi connectivity index (χ1) is 13.5. The third-order valence-electron chi connectivity index (χ3n) is 5.05. The molecule has 1 amide bonds. The zero-order chi connectivity index (χ0) is 19.8. The molecule has 0 aliphatic carbocycles. The molecule has 28 heavy (non-hydrogen) atoms. The van der Waals surface area contributed by atoms with E-state index < -0.39 is 0 Å². The summed E-state index contributed by atoms with van der Waals surface area (Å²) in [6.45, 7) is 4.64. The van der Waals surface area contributed by atoms with Gasteiger partial charge in [0.1, 0.15) is 6.54 Å². The molecule has 0 aromatic carbocycles. The molecule has 0 spiro atoms. The van der Waals surface area contributed by atoms with Crippen LogP contribution in [0.3, 0.4) is 0 Å². The molecule has 144 valence electrons. The van der Waals surface area contributed by atoms with E-state index in [1.54, 1.807) is 40.4 Å². The van der Waals surface area contributed by atoms with Crippen molar-refractivity contribution in [2.24, 2.45) is 7.05 Å². The largest absolute Gasteiger partial charge is 0.340 e. The molecule has 0 unspecified atom stereocenters. The molecule has 0 bridgehead atoms. The average Bonchev–Trinajstić information content (AvgIpc) is 3.39. The molecule has 8 heteroatoms. The summed E-state index contributed by atoms with van der Waals surface area (Å²) in [5.74, 6) is -0.0176. The van der Waals surface area contributed by atoms with Crippen LogP contribution in [0.5, 0.6) is 0 Å². The molecule has 4 aromatic rings. The molecule has 0 atom stereocenters. The molecule has 0 saturated carbocycles. The smallest absolute Gasteiger partial charge is 0.244 e. The fourth-order valence-corrected chi connectivity index (χ4v) is 4.08. The van der Waals surface area contributed by atoms with E-state index in [1.165, 1.54) is 4.88 Å². The zero-order valence-corrected chi connectivity index (χ0v) is 17.2. The van der Waals surface area contributed by atoms with Crippen LogP contribution in [-0.2, 0) is 24.9 Å². The fourth-order valence-electron chi connectivity index (χ4n) is 3.32. The van der Waals surface area contributed by atoms with Gasteiger partial charge in [0, 0.05) is 48.5 Å². The summed E-state index contributed by atoms with van der Waals surface area (Å²) in [6, 6.07) is 6.13. The van der Waals surface area contributed by atoms with Crippen LogP contribution in [0.4, 0.5) is 0 Å². The summed E-state index contributed by atoms with van der Waals surface area (Å²) >= 11 is 1.68. The van der Waals surface area contributed by atoms with Crippen LogP contribution in [-0.4, -0.2) is 42.4 Å². The number of hydrogen-bond acceptors (Lipinski definition) is 5. The van der Waals surface area contributed by atoms with E-state index in [2.05, 4.69) is 26.6 Å². The molecular formula is C20H22N6OS. The number of amides is 1. The van der Waals surface area contributed by atoms with Gasteiger partial charge in [0.05, 0.1) is 17.3 Å². The minimum Gasteiger partial charge on any atom is -0.340 e. The van der Waals surface area contributed by atoms with Crippen LogP contribution in [0.25, 0.3) is 21.5 Å². The molecule has 7 nitrogen and oxygen atoms in total. The van der Waals surface area contributed by atoms with E-state index in [4.69, 9.17) is 0 Å². The third-order valence-corrected chi connectivity index (χ3v) is 5.95. The number of likely N-dealkylation sites (N-methyl/N-ethyl adjacent to an activating group) is 1. The van der Waals surface area contributed by atoms with Crippen molar-refractivity contribution in [2.75, 3.05) is 7.05 Å². The standard InChI is InChI=1S/C20H22N6OS/c1-13-19-16(17-6-5-9-28-17)7-8-21-20(19)26(23-13)12-18(27)24(3)11-15-10-22-25(4)14(15)2/h5-10H,11-12H2,1-4H3. The number of pyridine rings is 1. The second-order valence-corrected chi connectivity index (χ2v) is 7.85. The second-order valence-electron chi connectivity index (χ2n) is 6.91. The van der Waals surface area contributed by atoms with Gasteiger partial charge in [-0.15, -0.1) is 11.3 Å². The Labute approximate surface area is 167 Å². The third kappa shape index (κ3) is 3.20. The van der Waals surface area contributed by atoms with E-state index in [-0.39, 0.29) is 12.5 Å². The molecule has 0 radical (unpaired) electrons. The highest BCUT2D eigenvalue weighted by molar-refractivity contribution is 7.13. The number of rotatable bonds is 5. The van der Waals surface area contributed by atoms with Gasteiger partial charge in [-0.2, -0.15) is 10.2 Å². The van der Waals surface area contributed by atoms with Crippen LogP contribution in [0.2, 0.25) is 0 Å². The van der Waals surface area contributed by atoms with Crippen LogP contribution in [0, 0.1) is 13.8 Å². The van der Waals surface area contributed by atoms with Gasteiger partial charge in [-0.05, 0) is 31.4 Å². The van der Waals surface area contributed by atoms with Crippen molar-refractivity contribution in [3.63, 3.8) is 0 Å². The highest BCUT2D eigenvalue weighted by Gasteiger charge is 2.18. The number of carbonyl (C=O) groups is 1.